The average molecular weight is 419 g/mol. The Balaban J connectivity index is 1.90. The van der Waals surface area contributed by atoms with Crippen molar-refractivity contribution in [2.45, 2.75) is 94.2 Å². The Morgan fingerprint density at radius 1 is 1.10 bits per heavy atom. The molecule has 1 atom stereocenters. The molecule has 1 unspecified atom stereocenters. The number of carbonyl (C=O) groups excluding carboxylic acids is 1. The molecular formula is C23H34N2O3S. The summed E-state index contributed by atoms with van der Waals surface area (Å²) in [5, 5.41) is 2.92. The van der Waals surface area contributed by atoms with Crippen molar-refractivity contribution in [3.63, 3.8) is 0 Å². The lowest BCUT2D eigenvalue weighted by molar-refractivity contribution is -0.117. The van der Waals surface area contributed by atoms with E-state index in [9.17, 15) is 13.2 Å². The van der Waals surface area contributed by atoms with Crippen LogP contribution in [0.3, 0.4) is 0 Å². The van der Waals surface area contributed by atoms with Gasteiger partial charge in [-0.05, 0) is 76.6 Å². The molecule has 1 heterocycles. The van der Waals surface area contributed by atoms with E-state index < -0.39 is 21.1 Å². The Bertz CT molecular complexity index is 866. The monoisotopic (exact) mass is 418 g/mol. The molecule has 1 saturated carbocycles. The third-order valence-electron chi connectivity index (χ3n) is 6.63. The van der Waals surface area contributed by atoms with Crippen LogP contribution in [-0.4, -0.2) is 35.7 Å². The van der Waals surface area contributed by atoms with E-state index in [0.29, 0.717) is 17.2 Å². The number of nitrogens with zero attached hydrogens (tertiary/aromatic N) is 1. The van der Waals surface area contributed by atoms with Crippen LogP contribution in [0.25, 0.3) is 0 Å². The molecule has 0 aromatic heterocycles. The van der Waals surface area contributed by atoms with Gasteiger partial charge in [-0.15, -0.1) is 0 Å². The highest BCUT2D eigenvalue weighted by Crippen LogP contribution is 2.45. The topological polar surface area (TPSA) is 66.5 Å². The van der Waals surface area contributed by atoms with E-state index in [2.05, 4.69) is 11.9 Å². The first-order valence-corrected chi connectivity index (χ1v) is 12.0. The van der Waals surface area contributed by atoms with Gasteiger partial charge >= 0.3 is 0 Å². The number of hydrogen-bond donors (Lipinski definition) is 1. The summed E-state index contributed by atoms with van der Waals surface area (Å²) in [4.78, 5) is 12.2. The highest BCUT2D eigenvalue weighted by molar-refractivity contribution is 7.89. The van der Waals surface area contributed by atoms with Crippen molar-refractivity contribution < 1.29 is 13.2 Å². The normalized spacial score (nSPS) is 24.9. The second-order valence-electron chi connectivity index (χ2n) is 9.61. The third kappa shape index (κ3) is 4.15. The fourth-order valence-corrected chi connectivity index (χ4v) is 7.46. The Morgan fingerprint density at radius 3 is 2.24 bits per heavy atom. The maximum absolute atomic E-state index is 13.6. The SMILES string of the molecule is C=CC(=O)NC1CC(C)(C)N(S(=O)(=O)c2ccc(C3CCCCC3)cc2)C1(C)C. The van der Waals surface area contributed by atoms with Crippen LogP contribution in [0.15, 0.2) is 41.8 Å². The molecular weight excluding hydrogens is 384 g/mol. The van der Waals surface area contributed by atoms with E-state index >= 15 is 0 Å². The molecule has 1 aliphatic heterocycles. The molecule has 5 nitrogen and oxygen atoms in total. The fourth-order valence-electron chi connectivity index (χ4n) is 5.30. The number of sulfonamides is 1. The van der Waals surface area contributed by atoms with Gasteiger partial charge in [-0.1, -0.05) is 38.0 Å². The van der Waals surface area contributed by atoms with Gasteiger partial charge in [0.15, 0.2) is 0 Å². The second-order valence-corrected chi connectivity index (χ2v) is 11.4. The van der Waals surface area contributed by atoms with Crippen molar-refractivity contribution in [2.24, 2.45) is 0 Å². The fraction of sp³-hybridized carbons (Fsp3) is 0.609. The number of carbonyl (C=O) groups is 1. The van der Waals surface area contributed by atoms with Crippen LogP contribution < -0.4 is 5.32 Å². The van der Waals surface area contributed by atoms with Crippen molar-refractivity contribution >= 4 is 15.9 Å². The van der Waals surface area contributed by atoms with E-state index in [1.54, 1.807) is 16.4 Å². The standard InChI is InChI=1S/C23H34N2O3S/c1-6-21(26)24-20-16-22(2,3)25(23(20,4)5)29(27,28)19-14-12-18(13-15-19)17-10-8-7-9-11-17/h6,12-15,17,20H,1,7-11,16H2,2-5H3,(H,24,26). The average Bonchev–Trinajstić information content (AvgIpc) is 2.86. The third-order valence-corrected chi connectivity index (χ3v) is 8.94. The molecule has 2 fully saturated rings. The number of nitrogens with one attached hydrogen (secondary N) is 1. The minimum Gasteiger partial charge on any atom is -0.348 e. The Hall–Kier alpha value is -1.66. The molecule has 1 amide bonds. The van der Waals surface area contributed by atoms with Crippen LogP contribution in [0, 0.1) is 0 Å². The van der Waals surface area contributed by atoms with Gasteiger partial charge in [0, 0.05) is 11.6 Å². The lowest BCUT2D eigenvalue weighted by atomic mass is 9.84. The molecule has 1 aliphatic carbocycles. The minimum atomic E-state index is -3.72. The second kappa shape index (κ2) is 7.88. The minimum absolute atomic E-state index is 0.282. The molecule has 1 aromatic carbocycles. The molecule has 29 heavy (non-hydrogen) atoms. The van der Waals surface area contributed by atoms with E-state index in [0.717, 1.165) is 0 Å². The number of benzene rings is 1. The van der Waals surface area contributed by atoms with Gasteiger partial charge in [-0.3, -0.25) is 4.79 Å². The maximum Gasteiger partial charge on any atom is 0.244 e. The summed E-state index contributed by atoms with van der Waals surface area (Å²) in [6, 6.07) is 7.17. The summed E-state index contributed by atoms with van der Waals surface area (Å²) >= 11 is 0. The van der Waals surface area contributed by atoms with Crippen LogP contribution in [0.5, 0.6) is 0 Å². The van der Waals surface area contributed by atoms with Crippen LogP contribution in [-0.2, 0) is 14.8 Å². The summed E-state index contributed by atoms with van der Waals surface area (Å²) in [5.74, 6) is 0.258. The lowest BCUT2D eigenvalue weighted by Gasteiger charge is -2.40. The van der Waals surface area contributed by atoms with E-state index in [-0.39, 0.29) is 11.9 Å². The molecule has 3 rings (SSSR count). The van der Waals surface area contributed by atoms with E-state index in [1.807, 2.05) is 39.8 Å². The lowest BCUT2D eigenvalue weighted by Crippen LogP contribution is -2.56. The zero-order valence-corrected chi connectivity index (χ0v) is 18.9. The molecule has 1 aromatic rings. The summed E-state index contributed by atoms with van der Waals surface area (Å²) in [5.41, 5.74) is -0.147. The number of hydrogen-bond acceptors (Lipinski definition) is 3. The molecule has 1 saturated heterocycles. The predicted molar refractivity (Wildman–Crippen MR) is 116 cm³/mol. The molecule has 160 valence electrons. The number of amides is 1. The van der Waals surface area contributed by atoms with Gasteiger partial charge < -0.3 is 5.32 Å². The predicted octanol–water partition coefficient (Wildman–Crippen LogP) is 4.36. The summed E-state index contributed by atoms with van der Waals surface area (Å²) in [7, 11) is -3.72. The first-order valence-electron chi connectivity index (χ1n) is 10.6. The van der Waals surface area contributed by atoms with Gasteiger partial charge in [0.2, 0.25) is 15.9 Å². The maximum atomic E-state index is 13.6. The molecule has 6 heteroatoms. The van der Waals surface area contributed by atoms with Gasteiger partial charge in [0.1, 0.15) is 0 Å². The zero-order chi connectivity index (χ0) is 21.4. The Kier molecular flexibility index (Phi) is 5.98. The highest BCUT2D eigenvalue weighted by Gasteiger charge is 2.57. The van der Waals surface area contributed by atoms with Gasteiger partial charge in [0.05, 0.1) is 10.4 Å². The molecule has 0 bridgehead atoms. The molecule has 1 N–H and O–H groups in total. The van der Waals surface area contributed by atoms with Crippen molar-refractivity contribution in [1.82, 2.24) is 9.62 Å². The molecule has 0 spiro atoms. The number of rotatable bonds is 5. The zero-order valence-electron chi connectivity index (χ0n) is 18.1. The van der Waals surface area contributed by atoms with Gasteiger partial charge in [-0.2, -0.15) is 4.31 Å². The van der Waals surface area contributed by atoms with Crippen molar-refractivity contribution in [2.75, 3.05) is 0 Å². The first kappa shape index (κ1) is 22.0. The smallest absolute Gasteiger partial charge is 0.244 e. The molecule has 0 radical (unpaired) electrons. The van der Waals surface area contributed by atoms with Gasteiger partial charge in [0.25, 0.3) is 0 Å². The molecule has 2 aliphatic rings. The van der Waals surface area contributed by atoms with Gasteiger partial charge in [-0.25, -0.2) is 8.42 Å². The first-order chi connectivity index (χ1) is 13.5. The van der Waals surface area contributed by atoms with Crippen molar-refractivity contribution in [1.29, 1.82) is 0 Å². The Labute approximate surface area is 175 Å². The van der Waals surface area contributed by atoms with Crippen LogP contribution in [0.4, 0.5) is 0 Å². The summed E-state index contributed by atoms with van der Waals surface area (Å²) in [6.45, 7) is 11.1. The highest BCUT2D eigenvalue weighted by atomic mass is 32.2. The van der Waals surface area contributed by atoms with Crippen LogP contribution >= 0.6 is 0 Å². The van der Waals surface area contributed by atoms with E-state index in [4.69, 9.17) is 0 Å². The van der Waals surface area contributed by atoms with Crippen LogP contribution in [0.2, 0.25) is 0 Å². The van der Waals surface area contributed by atoms with Crippen LogP contribution in [0.1, 0.15) is 77.7 Å². The summed E-state index contributed by atoms with van der Waals surface area (Å²) < 4.78 is 28.9. The summed E-state index contributed by atoms with van der Waals surface area (Å²) in [6.07, 6.45) is 7.93. The van der Waals surface area contributed by atoms with E-state index in [1.165, 1.54) is 43.7 Å². The Morgan fingerprint density at radius 2 is 1.69 bits per heavy atom. The van der Waals surface area contributed by atoms with Crippen molar-refractivity contribution in [3.8, 4) is 0 Å². The van der Waals surface area contributed by atoms with Crippen molar-refractivity contribution in [3.05, 3.63) is 42.5 Å². The largest absolute Gasteiger partial charge is 0.348 e. The quantitative estimate of drug-likeness (QED) is 0.723.